The molecule has 0 atom stereocenters. The first-order valence-electron chi connectivity index (χ1n) is 11.1. The van der Waals surface area contributed by atoms with Crippen molar-refractivity contribution in [1.82, 2.24) is 14.7 Å². The molecule has 2 aromatic carbocycles. The van der Waals surface area contributed by atoms with Crippen molar-refractivity contribution in [2.75, 3.05) is 39.5 Å². The molecule has 13 heteroatoms. The number of aromatic nitrogens is 2. The standard InChI is InChI=1S/C24H21F6N3O4/c25-23(26,27)17-11-16(12-18(13-17)24(28,29)30)15-1-3-19(4-2-15)33-21(20(14-31-33)22(34)35)37-10-7-32-5-8-36-9-6-32/h1-4,11-14H,5-10H2,(H,34,35). The SMILES string of the molecule is O=C(O)c1cnn(-c2ccc(-c3cc(C(F)(F)F)cc(C(F)(F)F)c3)cc2)c1OCCN1CCOCC1. The predicted molar refractivity (Wildman–Crippen MR) is 119 cm³/mol. The normalized spacial score (nSPS) is 15.1. The highest BCUT2D eigenvalue weighted by Crippen LogP contribution is 2.39. The second kappa shape index (κ2) is 10.4. The second-order valence-corrected chi connectivity index (χ2v) is 8.22. The Balaban J connectivity index is 1.61. The van der Waals surface area contributed by atoms with Crippen LogP contribution in [-0.2, 0) is 17.1 Å². The van der Waals surface area contributed by atoms with Crippen molar-refractivity contribution in [2.45, 2.75) is 12.4 Å². The van der Waals surface area contributed by atoms with E-state index >= 15 is 0 Å². The lowest BCUT2D eigenvalue weighted by Crippen LogP contribution is -2.38. The fraction of sp³-hybridized carbons (Fsp3) is 0.333. The number of hydrogen-bond acceptors (Lipinski definition) is 5. The fourth-order valence-corrected chi connectivity index (χ4v) is 3.82. The van der Waals surface area contributed by atoms with E-state index in [0.717, 1.165) is 6.20 Å². The van der Waals surface area contributed by atoms with E-state index in [-0.39, 0.29) is 35.2 Å². The number of benzene rings is 2. The van der Waals surface area contributed by atoms with Gasteiger partial charge in [-0.15, -0.1) is 0 Å². The van der Waals surface area contributed by atoms with Crippen LogP contribution < -0.4 is 4.74 Å². The van der Waals surface area contributed by atoms with Gasteiger partial charge < -0.3 is 14.6 Å². The summed E-state index contributed by atoms with van der Waals surface area (Å²) in [6.07, 6.45) is -8.83. The lowest BCUT2D eigenvalue weighted by atomic mass is 9.99. The number of alkyl halides is 6. The second-order valence-electron chi connectivity index (χ2n) is 8.22. The smallest absolute Gasteiger partial charge is 0.416 e. The summed E-state index contributed by atoms with van der Waals surface area (Å²) in [7, 11) is 0. The average molecular weight is 529 g/mol. The van der Waals surface area contributed by atoms with Crippen molar-refractivity contribution in [2.24, 2.45) is 0 Å². The third-order valence-corrected chi connectivity index (χ3v) is 5.74. The van der Waals surface area contributed by atoms with Crippen LogP contribution in [0.15, 0.2) is 48.7 Å². The number of carbonyl (C=O) groups is 1. The molecular weight excluding hydrogens is 508 g/mol. The van der Waals surface area contributed by atoms with Crippen molar-refractivity contribution >= 4 is 5.97 Å². The van der Waals surface area contributed by atoms with Crippen LogP contribution in [-0.4, -0.2) is 65.2 Å². The van der Waals surface area contributed by atoms with Gasteiger partial charge in [0.25, 0.3) is 0 Å². The van der Waals surface area contributed by atoms with Gasteiger partial charge in [0, 0.05) is 19.6 Å². The maximum absolute atomic E-state index is 13.2. The number of morpholine rings is 1. The van der Waals surface area contributed by atoms with Gasteiger partial charge in [0.05, 0.1) is 36.2 Å². The number of aromatic carboxylic acids is 1. The largest absolute Gasteiger partial charge is 0.477 e. The molecule has 1 aromatic heterocycles. The van der Waals surface area contributed by atoms with Crippen LogP contribution >= 0.6 is 0 Å². The Kier molecular flexibility index (Phi) is 7.46. The minimum absolute atomic E-state index is 0.0491. The molecule has 1 fully saturated rings. The Morgan fingerprint density at radius 1 is 0.946 bits per heavy atom. The van der Waals surface area contributed by atoms with E-state index in [2.05, 4.69) is 10.00 Å². The molecule has 7 nitrogen and oxygen atoms in total. The summed E-state index contributed by atoms with van der Waals surface area (Å²) < 4.78 is 91.5. The molecule has 1 saturated heterocycles. The molecule has 0 amide bonds. The van der Waals surface area contributed by atoms with Crippen molar-refractivity contribution in [1.29, 1.82) is 0 Å². The first kappa shape index (κ1) is 26.5. The van der Waals surface area contributed by atoms with Crippen molar-refractivity contribution in [3.05, 3.63) is 65.4 Å². The van der Waals surface area contributed by atoms with Crippen LogP contribution in [0.4, 0.5) is 26.3 Å². The number of nitrogens with zero attached hydrogens (tertiary/aromatic N) is 3. The molecule has 1 aliphatic rings. The van der Waals surface area contributed by atoms with E-state index in [4.69, 9.17) is 9.47 Å². The predicted octanol–water partition coefficient (Wildman–Crippen LogP) is 4.99. The number of rotatable bonds is 7. The summed E-state index contributed by atoms with van der Waals surface area (Å²) >= 11 is 0. The molecule has 0 spiro atoms. The molecule has 0 radical (unpaired) electrons. The van der Waals surface area contributed by atoms with Gasteiger partial charge in [-0.25, -0.2) is 9.48 Å². The Labute approximate surface area is 206 Å². The maximum Gasteiger partial charge on any atom is 0.416 e. The Morgan fingerprint density at radius 3 is 2.08 bits per heavy atom. The van der Waals surface area contributed by atoms with Crippen molar-refractivity contribution < 1.29 is 45.7 Å². The van der Waals surface area contributed by atoms with E-state index in [9.17, 15) is 36.2 Å². The summed E-state index contributed by atoms with van der Waals surface area (Å²) in [4.78, 5) is 13.7. The first-order valence-corrected chi connectivity index (χ1v) is 11.1. The Morgan fingerprint density at radius 2 is 1.54 bits per heavy atom. The molecule has 1 N–H and O–H groups in total. The quantitative estimate of drug-likeness (QED) is 0.435. The summed E-state index contributed by atoms with van der Waals surface area (Å²) in [5.74, 6) is -1.32. The van der Waals surface area contributed by atoms with Crippen LogP contribution in [0.3, 0.4) is 0 Å². The van der Waals surface area contributed by atoms with E-state index in [1.807, 2.05) is 0 Å². The number of carboxylic acids is 1. The van der Waals surface area contributed by atoms with Crippen LogP contribution in [0.2, 0.25) is 0 Å². The molecule has 0 saturated carbocycles. The number of ether oxygens (including phenoxy) is 2. The number of carboxylic acid groups (broad SMARTS) is 1. The number of halogens is 6. The molecule has 0 aliphatic carbocycles. The lowest BCUT2D eigenvalue weighted by molar-refractivity contribution is -0.143. The summed E-state index contributed by atoms with van der Waals surface area (Å²) in [6.45, 7) is 3.27. The molecule has 2 heterocycles. The monoisotopic (exact) mass is 529 g/mol. The van der Waals surface area contributed by atoms with Gasteiger partial charge in [0.1, 0.15) is 12.2 Å². The summed E-state index contributed by atoms with van der Waals surface area (Å²) in [5, 5.41) is 13.6. The van der Waals surface area contributed by atoms with E-state index in [0.29, 0.717) is 50.7 Å². The fourth-order valence-electron chi connectivity index (χ4n) is 3.82. The van der Waals surface area contributed by atoms with Gasteiger partial charge in [-0.3, -0.25) is 4.90 Å². The Bertz CT molecular complexity index is 1220. The zero-order chi connectivity index (χ0) is 26.8. The van der Waals surface area contributed by atoms with Gasteiger partial charge in [-0.05, 0) is 41.5 Å². The highest BCUT2D eigenvalue weighted by atomic mass is 19.4. The summed E-state index contributed by atoms with van der Waals surface area (Å²) in [5.41, 5.74) is -2.91. The van der Waals surface area contributed by atoms with Gasteiger partial charge in [-0.1, -0.05) is 12.1 Å². The lowest BCUT2D eigenvalue weighted by Gasteiger charge is -2.26. The van der Waals surface area contributed by atoms with Gasteiger partial charge in [-0.2, -0.15) is 31.4 Å². The van der Waals surface area contributed by atoms with Gasteiger partial charge in [0.15, 0.2) is 0 Å². The first-order chi connectivity index (χ1) is 17.4. The third-order valence-electron chi connectivity index (χ3n) is 5.74. The van der Waals surface area contributed by atoms with Crippen LogP contribution in [0.1, 0.15) is 21.5 Å². The molecular formula is C24H21F6N3O4. The molecule has 0 bridgehead atoms. The third kappa shape index (κ3) is 6.23. The molecule has 4 rings (SSSR count). The van der Waals surface area contributed by atoms with Crippen LogP contribution in [0.25, 0.3) is 16.8 Å². The van der Waals surface area contributed by atoms with Crippen molar-refractivity contribution in [3.63, 3.8) is 0 Å². The number of hydrogen-bond donors (Lipinski definition) is 1. The van der Waals surface area contributed by atoms with Crippen LogP contribution in [0.5, 0.6) is 5.88 Å². The highest BCUT2D eigenvalue weighted by molar-refractivity contribution is 5.90. The van der Waals surface area contributed by atoms with Crippen LogP contribution in [0, 0.1) is 0 Å². The minimum Gasteiger partial charge on any atom is -0.477 e. The maximum atomic E-state index is 13.2. The zero-order valence-corrected chi connectivity index (χ0v) is 19.1. The molecule has 3 aromatic rings. The van der Waals surface area contributed by atoms with E-state index in [1.165, 1.54) is 28.9 Å². The molecule has 37 heavy (non-hydrogen) atoms. The zero-order valence-electron chi connectivity index (χ0n) is 19.1. The molecule has 0 unspecified atom stereocenters. The Hall–Kier alpha value is -3.58. The molecule has 198 valence electrons. The average Bonchev–Trinajstić information content (AvgIpc) is 3.28. The van der Waals surface area contributed by atoms with Gasteiger partial charge in [0.2, 0.25) is 5.88 Å². The van der Waals surface area contributed by atoms with E-state index in [1.54, 1.807) is 0 Å². The molecule has 1 aliphatic heterocycles. The summed E-state index contributed by atoms with van der Waals surface area (Å²) in [6, 6.07) is 6.79. The van der Waals surface area contributed by atoms with Gasteiger partial charge >= 0.3 is 18.3 Å². The van der Waals surface area contributed by atoms with E-state index < -0.39 is 29.4 Å². The minimum atomic E-state index is -4.97. The van der Waals surface area contributed by atoms with Crippen molar-refractivity contribution in [3.8, 4) is 22.7 Å². The topological polar surface area (TPSA) is 76.8 Å². The highest BCUT2D eigenvalue weighted by Gasteiger charge is 2.37.